The molecule has 2 nitrogen and oxygen atoms in total. The highest BCUT2D eigenvalue weighted by Gasteiger charge is 2.38. The van der Waals surface area contributed by atoms with E-state index in [1.807, 2.05) is 0 Å². The number of hydrogen-bond donors (Lipinski definition) is 0. The lowest BCUT2D eigenvalue weighted by molar-refractivity contribution is 0.660. The minimum absolute atomic E-state index is 0.208. The lowest BCUT2D eigenvalue weighted by atomic mass is 9.82. The van der Waals surface area contributed by atoms with Crippen LogP contribution < -0.4 is 4.90 Å². The highest BCUT2D eigenvalue weighted by atomic mass is 15.1. The van der Waals surface area contributed by atoms with Gasteiger partial charge in [0, 0.05) is 38.8 Å². The van der Waals surface area contributed by atoms with Crippen molar-refractivity contribution in [2.24, 2.45) is 0 Å². The van der Waals surface area contributed by atoms with E-state index in [1.165, 1.54) is 82.8 Å². The first-order valence-corrected chi connectivity index (χ1v) is 19.9. The Balaban J connectivity index is 1.03. The molecule has 1 aromatic heterocycles. The molecule has 0 amide bonds. The van der Waals surface area contributed by atoms with E-state index >= 15 is 0 Å². The molecule has 0 fully saturated rings. The zero-order valence-electron chi connectivity index (χ0n) is 32.0. The van der Waals surface area contributed by atoms with Gasteiger partial charge in [-0.05, 0) is 104 Å². The number of fused-ring (bicyclic) bond motifs is 8. The van der Waals surface area contributed by atoms with E-state index in [9.17, 15) is 0 Å². The predicted octanol–water partition coefficient (Wildman–Crippen LogP) is 15.0. The Morgan fingerprint density at radius 2 is 0.982 bits per heavy atom. The first-order valence-electron chi connectivity index (χ1n) is 19.9. The Morgan fingerprint density at radius 3 is 1.72 bits per heavy atom. The fraction of sp³-hybridized carbons (Fsp3) is 0.0545. The van der Waals surface area contributed by atoms with Gasteiger partial charge in [0.15, 0.2) is 0 Å². The van der Waals surface area contributed by atoms with Gasteiger partial charge in [-0.2, -0.15) is 0 Å². The monoisotopic (exact) mass is 728 g/mol. The Bertz CT molecular complexity index is 3120. The van der Waals surface area contributed by atoms with Gasteiger partial charge in [0.05, 0.1) is 16.7 Å². The molecule has 0 saturated carbocycles. The standard InChI is InChI=1S/C55H40N2/c1-55(2)48-21-13-23-51(57-50-22-12-11-20-47(50)53-45-19-10-9-16-41(45)30-35-52(53)57)54(48)46-34-33-44(36-49(46)55)56(42-17-7-4-8-18-42)43-31-28-40(29-32-43)39-26-24-38(25-27-39)37-14-5-3-6-15-37/h3-36H,1-2H3. The SMILES string of the molecule is CC1(C)c2cc(N(c3ccccc3)c3ccc(-c4ccc(-c5ccccc5)cc4)cc3)ccc2-c2c(-n3c4ccccc4c4c5ccccc5ccc43)cccc21. The molecule has 10 aromatic rings. The van der Waals surface area contributed by atoms with Gasteiger partial charge in [-0.1, -0.05) is 166 Å². The fourth-order valence-corrected chi connectivity index (χ4v) is 9.39. The first kappa shape index (κ1) is 33.2. The molecule has 0 saturated heterocycles. The minimum atomic E-state index is -0.208. The summed E-state index contributed by atoms with van der Waals surface area (Å²) in [5, 5.41) is 5.14. The van der Waals surface area contributed by atoms with Gasteiger partial charge in [0.2, 0.25) is 0 Å². The Kier molecular flexibility index (Phi) is 7.55. The maximum atomic E-state index is 2.50. The van der Waals surface area contributed by atoms with E-state index in [4.69, 9.17) is 0 Å². The molecule has 57 heavy (non-hydrogen) atoms. The summed E-state index contributed by atoms with van der Waals surface area (Å²) in [4.78, 5) is 2.39. The molecule has 0 atom stereocenters. The largest absolute Gasteiger partial charge is 0.310 e. The molecule has 0 spiro atoms. The van der Waals surface area contributed by atoms with Crippen molar-refractivity contribution in [2.75, 3.05) is 4.90 Å². The van der Waals surface area contributed by atoms with Crippen LogP contribution in [0, 0.1) is 0 Å². The van der Waals surface area contributed by atoms with Gasteiger partial charge < -0.3 is 9.47 Å². The van der Waals surface area contributed by atoms with Crippen molar-refractivity contribution in [3.8, 4) is 39.1 Å². The molecule has 0 radical (unpaired) electrons. The predicted molar refractivity (Wildman–Crippen MR) is 241 cm³/mol. The lowest BCUT2D eigenvalue weighted by Gasteiger charge is -2.28. The van der Waals surface area contributed by atoms with Crippen LogP contribution in [-0.2, 0) is 5.41 Å². The Labute approximate surface area is 333 Å². The third-order valence-corrected chi connectivity index (χ3v) is 12.2. The van der Waals surface area contributed by atoms with Crippen molar-refractivity contribution in [3.63, 3.8) is 0 Å². The van der Waals surface area contributed by atoms with E-state index < -0.39 is 0 Å². The van der Waals surface area contributed by atoms with E-state index in [-0.39, 0.29) is 5.41 Å². The molecule has 1 aliphatic rings. The Hall–Kier alpha value is -7.16. The average molecular weight is 729 g/mol. The number of nitrogens with zero attached hydrogens (tertiary/aromatic N) is 2. The molecule has 0 N–H and O–H groups in total. The van der Waals surface area contributed by atoms with E-state index in [1.54, 1.807) is 0 Å². The van der Waals surface area contributed by atoms with Gasteiger partial charge in [-0.15, -0.1) is 0 Å². The van der Waals surface area contributed by atoms with Gasteiger partial charge in [-0.25, -0.2) is 0 Å². The summed E-state index contributed by atoms with van der Waals surface area (Å²) >= 11 is 0. The number of rotatable bonds is 6. The highest BCUT2D eigenvalue weighted by molar-refractivity contribution is 6.21. The molecular formula is C55H40N2. The van der Waals surface area contributed by atoms with Crippen molar-refractivity contribution >= 4 is 49.6 Å². The van der Waals surface area contributed by atoms with Crippen LogP contribution in [0.3, 0.4) is 0 Å². The molecular weight excluding hydrogens is 689 g/mol. The summed E-state index contributed by atoms with van der Waals surface area (Å²) in [6, 6.07) is 75.4. The first-order chi connectivity index (χ1) is 28.0. The van der Waals surface area contributed by atoms with Crippen LogP contribution in [0.25, 0.3) is 71.6 Å². The maximum Gasteiger partial charge on any atom is 0.0547 e. The molecule has 1 aliphatic carbocycles. The quantitative estimate of drug-likeness (QED) is 0.165. The molecule has 1 heterocycles. The zero-order chi connectivity index (χ0) is 38.1. The van der Waals surface area contributed by atoms with Crippen molar-refractivity contribution in [1.29, 1.82) is 0 Å². The van der Waals surface area contributed by atoms with Gasteiger partial charge in [0.1, 0.15) is 0 Å². The molecule has 0 aliphatic heterocycles. The van der Waals surface area contributed by atoms with Crippen molar-refractivity contribution in [3.05, 3.63) is 217 Å². The Morgan fingerprint density at radius 1 is 0.404 bits per heavy atom. The number of anilines is 3. The highest BCUT2D eigenvalue weighted by Crippen LogP contribution is 2.53. The second-order valence-electron chi connectivity index (χ2n) is 15.7. The van der Waals surface area contributed by atoms with E-state index in [0.717, 1.165) is 17.1 Å². The van der Waals surface area contributed by atoms with Crippen molar-refractivity contribution in [2.45, 2.75) is 19.3 Å². The third-order valence-electron chi connectivity index (χ3n) is 12.2. The van der Waals surface area contributed by atoms with Crippen molar-refractivity contribution in [1.82, 2.24) is 4.57 Å². The average Bonchev–Trinajstić information content (AvgIpc) is 3.73. The van der Waals surface area contributed by atoms with Crippen LogP contribution in [0.4, 0.5) is 17.1 Å². The van der Waals surface area contributed by atoms with Crippen molar-refractivity contribution < 1.29 is 0 Å². The summed E-state index contributed by atoms with van der Waals surface area (Å²) in [6.07, 6.45) is 0. The summed E-state index contributed by atoms with van der Waals surface area (Å²) in [6.45, 7) is 4.77. The van der Waals surface area contributed by atoms with E-state index in [0.29, 0.717) is 0 Å². The van der Waals surface area contributed by atoms with Gasteiger partial charge in [0.25, 0.3) is 0 Å². The van der Waals surface area contributed by atoms with Crippen LogP contribution >= 0.6 is 0 Å². The van der Waals surface area contributed by atoms with Crippen LogP contribution in [0.1, 0.15) is 25.0 Å². The molecule has 11 rings (SSSR count). The topological polar surface area (TPSA) is 8.17 Å². The summed E-state index contributed by atoms with van der Waals surface area (Å²) in [5.74, 6) is 0. The number of aromatic nitrogens is 1. The summed E-state index contributed by atoms with van der Waals surface area (Å²) in [7, 11) is 0. The molecule has 9 aromatic carbocycles. The van der Waals surface area contributed by atoms with Crippen LogP contribution in [0.2, 0.25) is 0 Å². The van der Waals surface area contributed by atoms with Crippen LogP contribution in [-0.4, -0.2) is 4.57 Å². The number of benzene rings is 9. The van der Waals surface area contributed by atoms with Crippen LogP contribution in [0.5, 0.6) is 0 Å². The minimum Gasteiger partial charge on any atom is -0.310 e. The number of hydrogen-bond acceptors (Lipinski definition) is 1. The zero-order valence-corrected chi connectivity index (χ0v) is 32.0. The number of para-hydroxylation sites is 2. The molecule has 0 bridgehead atoms. The molecule has 2 heteroatoms. The second-order valence-corrected chi connectivity index (χ2v) is 15.7. The van der Waals surface area contributed by atoms with E-state index in [2.05, 4.69) is 230 Å². The second kappa shape index (κ2) is 13.0. The van der Waals surface area contributed by atoms with Gasteiger partial charge in [-0.3, -0.25) is 0 Å². The lowest BCUT2D eigenvalue weighted by Crippen LogP contribution is -2.16. The molecule has 0 unspecified atom stereocenters. The summed E-state index contributed by atoms with van der Waals surface area (Å²) in [5.41, 5.74) is 17.0. The maximum absolute atomic E-state index is 2.50. The normalized spacial score (nSPS) is 12.9. The fourth-order valence-electron chi connectivity index (χ4n) is 9.39. The smallest absolute Gasteiger partial charge is 0.0547 e. The van der Waals surface area contributed by atoms with Gasteiger partial charge >= 0.3 is 0 Å². The summed E-state index contributed by atoms with van der Waals surface area (Å²) < 4.78 is 2.50. The third kappa shape index (κ3) is 5.25. The van der Waals surface area contributed by atoms with Crippen LogP contribution in [0.15, 0.2) is 206 Å². The molecule has 270 valence electrons.